The minimum atomic E-state index is 0.532. The minimum absolute atomic E-state index is 0.532. The van der Waals surface area contributed by atoms with E-state index in [-0.39, 0.29) is 0 Å². The maximum Gasteiger partial charge on any atom is 0.125 e. The Hall–Kier alpha value is -0.480. The van der Waals surface area contributed by atoms with Gasteiger partial charge in [-0.05, 0) is 74.0 Å². The number of hydrogen-bond donors (Lipinski definition) is 0. The highest BCUT2D eigenvalue weighted by atomic mass is 79.9. The number of rotatable bonds is 6. The highest BCUT2D eigenvalue weighted by molar-refractivity contribution is 9.28. The van der Waals surface area contributed by atoms with Gasteiger partial charge in [-0.15, -0.1) is 0 Å². The van der Waals surface area contributed by atoms with E-state index in [1.54, 1.807) is 7.11 Å². The lowest BCUT2D eigenvalue weighted by Crippen LogP contribution is -2.00. The van der Waals surface area contributed by atoms with Crippen molar-refractivity contribution in [2.24, 2.45) is 0 Å². The summed E-state index contributed by atoms with van der Waals surface area (Å²) in [7, 11) is 1.72. The monoisotopic (exact) mass is 376 g/mol. The van der Waals surface area contributed by atoms with E-state index < -0.39 is 0 Å². The van der Waals surface area contributed by atoms with Gasteiger partial charge in [0.15, 0.2) is 0 Å². The summed E-state index contributed by atoms with van der Waals surface area (Å²) in [5.41, 5.74) is 2.38. The van der Waals surface area contributed by atoms with Crippen LogP contribution in [0.4, 0.5) is 0 Å². The van der Waals surface area contributed by atoms with E-state index in [0.29, 0.717) is 6.61 Å². The zero-order valence-corrected chi connectivity index (χ0v) is 14.1. The fourth-order valence-corrected chi connectivity index (χ4v) is 2.06. The van der Waals surface area contributed by atoms with Crippen LogP contribution in [-0.2, 0) is 12.8 Å². The van der Waals surface area contributed by atoms with Crippen LogP contribution < -0.4 is 9.47 Å². The van der Waals surface area contributed by atoms with Crippen LogP contribution in [-0.4, -0.2) is 13.7 Å². The quantitative estimate of drug-likeness (QED) is 0.706. The molecule has 1 aromatic carbocycles. The molecule has 0 aromatic heterocycles. The summed E-state index contributed by atoms with van der Waals surface area (Å²) in [5.74, 6) is 1.88. The second-order valence-corrected chi connectivity index (χ2v) is 6.56. The lowest BCUT2D eigenvalue weighted by molar-refractivity contribution is 0.359. The molecule has 0 saturated carbocycles. The summed E-state index contributed by atoms with van der Waals surface area (Å²) in [6.07, 6.45) is 3.79. The zero-order chi connectivity index (χ0) is 13.5. The molecule has 0 bridgehead atoms. The van der Waals surface area contributed by atoms with Crippen molar-refractivity contribution >= 4 is 31.9 Å². The molecule has 100 valence electrons. The van der Waals surface area contributed by atoms with Crippen LogP contribution >= 0.6 is 31.9 Å². The Morgan fingerprint density at radius 2 is 1.72 bits per heavy atom. The summed E-state index contributed by atoms with van der Waals surface area (Å²) in [6, 6.07) is 4.10. The van der Waals surface area contributed by atoms with E-state index in [0.717, 1.165) is 27.7 Å². The van der Waals surface area contributed by atoms with Crippen LogP contribution in [0, 0.1) is 0 Å². The molecule has 0 N–H and O–H groups in total. The third-order valence-electron chi connectivity index (χ3n) is 2.67. The van der Waals surface area contributed by atoms with Gasteiger partial charge in [0.05, 0.1) is 10.5 Å². The Morgan fingerprint density at radius 1 is 1.17 bits per heavy atom. The fraction of sp³-hybridized carbons (Fsp3) is 0.429. The third kappa shape index (κ3) is 4.32. The number of hydrogen-bond acceptors (Lipinski definition) is 2. The summed E-state index contributed by atoms with van der Waals surface area (Å²) in [5, 5.41) is 0. The zero-order valence-electron chi connectivity index (χ0n) is 10.9. The van der Waals surface area contributed by atoms with E-state index in [9.17, 15) is 0 Å². The van der Waals surface area contributed by atoms with Crippen LogP contribution in [0.5, 0.6) is 11.5 Å². The van der Waals surface area contributed by atoms with Gasteiger partial charge in [-0.25, -0.2) is 0 Å². The summed E-state index contributed by atoms with van der Waals surface area (Å²) >= 11 is 6.61. The smallest absolute Gasteiger partial charge is 0.125 e. The van der Waals surface area contributed by atoms with Gasteiger partial charge >= 0.3 is 0 Å². The van der Waals surface area contributed by atoms with Crippen molar-refractivity contribution in [1.29, 1.82) is 0 Å². The number of methoxy groups -OCH3 is 1. The molecule has 0 amide bonds. The lowest BCUT2D eigenvalue weighted by atomic mass is 10.0. The Morgan fingerprint density at radius 3 is 2.11 bits per heavy atom. The average molecular weight is 378 g/mol. The van der Waals surface area contributed by atoms with Gasteiger partial charge in [-0.3, -0.25) is 0 Å². The Balaban J connectivity index is 2.96. The van der Waals surface area contributed by atoms with Crippen molar-refractivity contribution < 1.29 is 9.47 Å². The molecule has 1 rings (SSSR count). The van der Waals surface area contributed by atoms with Gasteiger partial charge in [-0.2, -0.15) is 0 Å². The van der Waals surface area contributed by atoms with Crippen molar-refractivity contribution in [3.8, 4) is 11.5 Å². The molecule has 0 saturated heterocycles. The van der Waals surface area contributed by atoms with Crippen molar-refractivity contribution in [2.75, 3.05) is 13.7 Å². The van der Waals surface area contributed by atoms with Crippen LogP contribution in [0.25, 0.3) is 0 Å². The highest BCUT2D eigenvalue weighted by Gasteiger charge is 2.09. The molecule has 2 nitrogen and oxygen atoms in total. The SMILES string of the molecule is CCc1cc(OCC=C(Br)Br)cc(CC)c1OC. The Bertz CT molecular complexity index is 399. The lowest BCUT2D eigenvalue weighted by Gasteiger charge is -2.14. The van der Waals surface area contributed by atoms with Crippen LogP contribution in [0.2, 0.25) is 0 Å². The maximum absolute atomic E-state index is 5.71. The molecule has 0 fully saturated rings. The molecule has 0 heterocycles. The minimum Gasteiger partial charge on any atom is -0.496 e. The molecular weight excluding hydrogens is 360 g/mol. The number of halogens is 2. The fourth-order valence-electron chi connectivity index (χ4n) is 1.79. The van der Waals surface area contributed by atoms with Crippen molar-refractivity contribution in [1.82, 2.24) is 0 Å². The maximum atomic E-state index is 5.71. The Kier molecular flexibility index (Phi) is 6.79. The molecule has 0 aliphatic rings. The summed E-state index contributed by atoms with van der Waals surface area (Å²) < 4.78 is 12.1. The topological polar surface area (TPSA) is 18.5 Å². The molecule has 1 aromatic rings. The van der Waals surface area contributed by atoms with E-state index in [1.807, 2.05) is 18.2 Å². The molecule has 0 unspecified atom stereocenters. The number of benzene rings is 1. The number of aryl methyl sites for hydroxylation is 2. The molecule has 18 heavy (non-hydrogen) atoms. The largest absolute Gasteiger partial charge is 0.496 e. The first-order valence-electron chi connectivity index (χ1n) is 5.96. The third-order valence-corrected chi connectivity index (χ3v) is 3.32. The first-order valence-corrected chi connectivity index (χ1v) is 7.54. The molecule has 0 radical (unpaired) electrons. The first kappa shape index (κ1) is 15.6. The predicted molar refractivity (Wildman–Crippen MR) is 83.2 cm³/mol. The molecule has 0 aliphatic carbocycles. The van der Waals surface area contributed by atoms with Gasteiger partial charge in [0.25, 0.3) is 0 Å². The van der Waals surface area contributed by atoms with Gasteiger partial charge < -0.3 is 9.47 Å². The standard InChI is InChI=1S/C14H18Br2O2/c1-4-10-8-12(18-7-6-13(15)16)9-11(5-2)14(10)17-3/h6,8-9H,4-5,7H2,1-3H3. The van der Waals surface area contributed by atoms with Crippen molar-refractivity contribution in [3.63, 3.8) is 0 Å². The Labute approximate surface area is 126 Å². The number of ether oxygens (including phenoxy) is 2. The highest BCUT2D eigenvalue weighted by Crippen LogP contribution is 2.30. The second-order valence-electron chi connectivity index (χ2n) is 3.79. The molecule has 4 heteroatoms. The van der Waals surface area contributed by atoms with Crippen molar-refractivity contribution in [3.05, 3.63) is 32.7 Å². The normalized spacial score (nSPS) is 10.1. The van der Waals surface area contributed by atoms with E-state index in [1.165, 1.54) is 11.1 Å². The van der Waals surface area contributed by atoms with E-state index in [2.05, 4.69) is 45.7 Å². The van der Waals surface area contributed by atoms with Crippen molar-refractivity contribution in [2.45, 2.75) is 26.7 Å². The molecular formula is C14H18Br2O2. The van der Waals surface area contributed by atoms with E-state index >= 15 is 0 Å². The second kappa shape index (κ2) is 7.85. The van der Waals surface area contributed by atoms with Gasteiger partial charge in [0.1, 0.15) is 18.1 Å². The first-order chi connectivity index (χ1) is 8.62. The van der Waals surface area contributed by atoms with Crippen LogP contribution in [0.15, 0.2) is 21.6 Å². The van der Waals surface area contributed by atoms with E-state index in [4.69, 9.17) is 9.47 Å². The molecule has 0 atom stereocenters. The van der Waals surface area contributed by atoms with Gasteiger partial charge in [-0.1, -0.05) is 13.8 Å². The van der Waals surface area contributed by atoms with Gasteiger partial charge in [0.2, 0.25) is 0 Å². The van der Waals surface area contributed by atoms with Gasteiger partial charge in [0, 0.05) is 0 Å². The van der Waals surface area contributed by atoms with Crippen LogP contribution in [0.1, 0.15) is 25.0 Å². The molecule has 0 aliphatic heterocycles. The average Bonchev–Trinajstić information content (AvgIpc) is 2.36. The van der Waals surface area contributed by atoms with Crippen LogP contribution in [0.3, 0.4) is 0 Å². The summed E-state index contributed by atoms with van der Waals surface area (Å²) in [4.78, 5) is 0. The predicted octanol–water partition coefficient (Wildman–Crippen LogP) is 4.83. The summed E-state index contributed by atoms with van der Waals surface area (Å²) in [6.45, 7) is 4.77. The molecule has 0 spiro atoms.